The minimum Gasteiger partial charge on any atom is -0.333 e. The molecule has 1 amide bonds. The summed E-state index contributed by atoms with van der Waals surface area (Å²) < 4.78 is 28.9. The summed E-state index contributed by atoms with van der Waals surface area (Å²) in [6.45, 7) is 6.72. The molecule has 2 heterocycles. The van der Waals surface area contributed by atoms with Crippen molar-refractivity contribution in [3.05, 3.63) is 80.5 Å². The molecule has 0 spiro atoms. The van der Waals surface area contributed by atoms with E-state index in [0.717, 1.165) is 39.1 Å². The lowest BCUT2D eigenvalue weighted by atomic mass is 9.99. The van der Waals surface area contributed by atoms with E-state index < -0.39 is 10.0 Å². The Labute approximate surface area is 181 Å². The van der Waals surface area contributed by atoms with Crippen molar-refractivity contribution in [3.63, 3.8) is 0 Å². The molecular formula is C23H24N2O3S2. The standard InChI is InChI=1S/C23H24N2O3S2/c1-15-11-16(2)22(17(3)12-15)30(27,28)24-20-7-6-18-8-9-25(14-19(18)13-20)23(26)21-5-4-10-29-21/h4-7,10-13,24H,8-9,14H2,1-3H3. The predicted octanol–water partition coefficient (Wildman–Crippen LogP) is 4.67. The fraction of sp³-hybridized carbons (Fsp3) is 0.261. The number of carbonyl (C=O) groups excluding carboxylic acids is 1. The van der Waals surface area contributed by atoms with Gasteiger partial charge in [-0.2, -0.15) is 0 Å². The smallest absolute Gasteiger partial charge is 0.264 e. The summed E-state index contributed by atoms with van der Waals surface area (Å²) in [5, 5.41) is 1.90. The van der Waals surface area contributed by atoms with E-state index in [9.17, 15) is 13.2 Å². The second kappa shape index (κ2) is 7.89. The van der Waals surface area contributed by atoms with Crippen molar-refractivity contribution in [1.29, 1.82) is 0 Å². The van der Waals surface area contributed by atoms with E-state index in [-0.39, 0.29) is 5.91 Å². The highest BCUT2D eigenvalue weighted by atomic mass is 32.2. The number of rotatable bonds is 4. The summed E-state index contributed by atoms with van der Waals surface area (Å²) in [4.78, 5) is 15.6. The van der Waals surface area contributed by atoms with Gasteiger partial charge in [0.1, 0.15) is 0 Å². The van der Waals surface area contributed by atoms with Crippen LogP contribution in [-0.4, -0.2) is 25.8 Å². The van der Waals surface area contributed by atoms with Crippen LogP contribution in [-0.2, 0) is 23.0 Å². The average molecular weight is 441 g/mol. The van der Waals surface area contributed by atoms with Gasteiger partial charge in [-0.1, -0.05) is 29.8 Å². The van der Waals surface area contributed by atoms with E-state index in [1.165, 1.54) is 11.3 Å². The van der Waals surface area contributed by atoms with Crippen LogP contribution in [0.15, 0.2) is 52.7 Å². The van der Waals surface area contributed by atoms with Crippen LogP contribution in [0, 0.1) is 20.8 Å². The zero-order valence-corrected chi connectivity index (χ0v) is 18.9. The Balaban J connectivity index is 1.59. The normalized spacial score (nSPS) is 13.8. The Morgan fingerprint density at radius 3 is 2.43 bits per heavy atom. The Bertz CT molecular complexity index is 1190. The third kappa shape index (κ3) is 4.00. The molecule has 1 N–H and O–H groups in total. The van der Waals surface area contributed by atoms with Crippen molar-refractivity contribution in [2.45, 2.75) is 38.6 Å². The lowest BCUT2D eigenvalue weighted by Crippen LogP contribution is -2.35. The van der Waals surface area contributed by atoms with E-state index in [4.69, 9.17) is 0 Å². The van der Waals surface area contributed by atoms with Crippen LogP contribution in [0.3, 0.4) is 0 Å². The highest BCUT2D eigenvalue weighted by molar-refractivity contribution is 7.92. The van der Waals surface area contributed by atoms with Crippen LogP contribution >= 0.6 is 11.3 Å². The van der Waals surface area contributed by atoms with Gasteiger partial charge < -0.3 is 4.90 Å². The molecular weight excluding hydrogens is 416 g/mol. The minimum atomic E-state index is -3.71. The molecule has 0 saturated heterocycles. The quantitative estimate of drug-likeness (QED) is 0.641. The molecule has 0 unspecified atom stereocenters. The fourth-order valence-corrected chi connectivity index (χ4v) is 6.34. The maximum Gasteiger partial charge on any atom is 0.264 e. The van der Waals surface area contributed by atoms with Crippen molar-refractivity contribution >= 4 is 33.0 Å². The minimum absolute atomic E-state index is 0.0209. The van der Waals surface area contributed by atoms with Gasteiger partial charge in [0.25, 0.3) is 15.9 Å². The molecule has 0 radical (unpaired) electrons. The van der Waals surface area contributed by atoms with Crippen molar-refractivity contribution in [1.82, 2.24) is 4.90 Å². The second-order valence-electron chi connectivity index (χ2n) is 7.77. The van der Waals surface area contributed by atoms with Gasteiger partial charge in [-0.15, -0.1) is 11.3 Å². The number of thiophene rings is 1. The summed E-state index contributed by atoms with van der Waals surface area (Å²) in [6, 6.07) is 13.1. The molecule has 1 aliphatic heterocycles. The number of anilines is 1. The summed E-state index contributed by atoms with van der Waals surface area (Å²) in [5.41, 5.74) is 5.13. The van der Waals surface area contributed by atoms with Crippen molar-refractivity contribution in [2.24, 2.45) is 0 Å². The van der Waals surface area contributed by atoms with Crippen LogP contribution in [0.4, 0.5) is 5.69 Å². The molecule has 156 valence electrons. The molecule has 4 rings (SSSR count). The largest absolute Gasteiger partial charge is 0.333 e. The molecule has 0 aliphatic carbocycles. The van der Waals surface area contributed by atoms with E-state index in [0.29, 0.717) is 23.7 Å². The van der Waals surface area contributed by atoms with Crippen molar-refractivity contribution in [3.8, 4) is 0 Å². The Morgan fingerprint density at radius 1 is 1.03 bits per heavy atom. The number of fused-ring (bicyclic) bond motifs is 1. The molecule has 5 nitrogen and oxygen atoms in total. The Morgan fingerprint density at radius 2 is 1.77 bits per heavy atom. The van der Waals surface area contributed by atoms with Gasteiger partial charge in [0, 0.05) is 18.8 Å². The zero-order chi connectivity index (χ0) is 21.5. The van der Waals surface area contributed by atoms with Crippen LogP contribution in [0.1, 0.15) is 37.5 Å². The van der Waals surface area contributed by atoms with Crippen LogP contribution < -0.4 is 4.72 Å². The first kappa shape index (κ1) is 20.6. The lowest BCUT2D eigenvalue weighted by molar-refractivity contribution is 0.0739. The summed E-state index contributed by atoms with van der Waals surface area (Å²) in [6.07, 6.45) is 0.760. The van der Waals surface area contributed by atoms with E-state index in [2.05, 4.69) is 4.72 Å². The molecule has 0 saturated carbocycles. The van der Waals surface area contributed by atoms with Crippen LogP contribution in [0.2, 0.25) is 0 Å². The molecule has 30 heavy (non-hydrogen) atoms. The molecule has 0 fully saturated rings. The molecule has 2 aromatic carbocycles. The molecule has 3 aromatic rings. The number of hydrogen-bond acceptors (Lipinski definition) is 4. The first-order chi connectivity index (χ1) is 14.2. The highest BCUT2D eigenvalue weighted by Gasteiger charge is 2.24. The van der Waals surface area contributed by atoms with Crippen LogP contribution in [0.5, 0.6) is 0 Å². The van der Waals surface area contributed by atoms with E-state index in [1.54, 1.807) is 6.07 Å². The number of sulfonamides is 1. The maximum absolute atomic E-state index is 13.1. The SMILES string of the molecule is Cc1cc(C)c(S(=O)(=O)Nc2ccc3c(c2)CN(C(=O)c2cccs2)CC3)c(C)c1. The first-order valence-corrected chi connectivity index (χ1v) is 12.2. The highest BCUT2D eigenvalue weighted by Crippen LogP contribution is 2.28. The third-order valence-corrected chi connectivity index (χ3v) is 7.91. The van der Waals surface area contributed by atoms with Crippen molar-refractivity contribution < 1.29 is 13.2 Å². The number of hydrogen-bond donors (Lipinski definition) is 1. The van der Waals surface area contributed by atoms with Gasteiger partial charge in [0.2, 0.25) is 0 Å². The Kier molecular flexibility index (Phi) is 5.42. The first-order valence-electron chi connectivity index (χ1n) is 9.80. The van der Waals surface area contributed by atoms with Gasteiger partial charge in [0.15, 0.2) is 0 Å². The van der Waals surface area contributed by atoms with Gasteiger partial charge >= 0.3 is 0 Å². The van der Waals surface area contributed by atoms with Gasteiger partial charge in [-0.25, -0.2) is 8.42 Å². The number of amides is 1. The number of nitrogens with zero attached hydrogens (tertiary/aromatic N) is 1. The van der Waals surface area contributed by atoms with Crippen LogP contribution in [0.25, 0.3) is 0 Å². The van der Waals surface area contributed by atoms with E-state index >= 15 is 0 Å². The van der Waals surface area contributed by atoms with Gasteiger partial charge in [-0.05, 0) is 73.0 Å². The zero-order valence-electron chi connectivity index (χ0n) is 17.2. The molecule has 1 aromatic heterocycles. The second-order valence-corrected chi connectivity index (χ2v) is 10.3. The Hall–Kier alpha value is -2.64. The average Bonchev–Trinajstić information content (AvgIpc) is 3.20. The fourth-order valence-electron chi connectivity index (χ4n) is 4.15. The molecule has 0 atom stereocenters. The molecule has 1 aliphatic rings. The topological polar surface area (TPSA) is 66.5 Å². The summed E-state index contributed by atoms with van der Waals surface area (Å²) in [5.74, 6) is 0.0209. The van der Waals surface area contributed by atoms with Crippen molar-refractivity contribution in [2.75, 3.05) is 11.3 Å². The number of nitrogens with one attached hydrogen (secondary N) is 1. The third-order valence-electron chi connectivity index (χ3n) is 5.36. The van der Waals surface area contributed by atoms with E-state index in [1.807, 2.05) is 67.4 Å². The predicted molar refractivity (Wildman–Crippen MR) is 121 cm³/mol. The number of carbonyl (C=O) groups is 1. The maximum atomic E-state index is 13.1. The monoisotopic (exact) mass is 440 g/mol. The molecule has 7 heteroatoms. The van der Waals surface area contributed by atoms with Gasteiger partial charge in [-0.3, -0.25) is 9.52 Å². The number of benzene rings is 2. The lowest BCUT2D eigenvalue weighted by Gasteiger charge is -2.29. The molecule has 0 bridgehead atoms. The summed E-state index contributed by atoms with van der Waals surface area (Å²) >= 11 is 1.44. The van der Waals surface area contributed by atoms with Gasteiger partial charge in [0.05, 0.1) is 9.77 Å². The number of aryl methyl sites for hydroxylation is 3. The summed E-state index contributed by atoms with van der Waals surface area (Å²) in [7, 11) is -3.71.